The van der Waals surface area contributed by atoms with E-state index >= 15 is 0 Å². The van der Waals surface area contributed by atoms with Gasteiger partial charge in [-0.05, 0) is 44.9 Å². The molecule has 0 bridgehead atoms. The van der Waals surface area contributed by atoms with Gasteiger partial charge in [0.1, 0.15) is 0 Å². The smallest absolute Gasteiger partial charge is 0.305 e. The predicted molar refractivity (Wildman–Crippen MR) is 91.3 cm³/mol. The van der Waals surface area contributed by atoms with Crippen LogP contribution in [-0.4, -0.2) is 13.1 Å². The lowest BCUT2D eigenvalue weighted by Crippen LogP contribution is -1.98. The molecule has 0 radical (unpaired) electrons. The Hall–Kier alpha value is -1.31. The molecule has 0 aromatic carbocycles. The van der Waals surface area contributed by atoms with E-state index in [0.717, 1.165) is 32.1 Å². The number of hydrogen-bond donors (Lipinski definition) is 0. The van der Waals surface area contributed by atoms with Crippen molar-refractivity contribution in [2.24, 2.45) is 0 Å². The normalized spacial score (nSPS) is 11.9. The quantitative estimate of drug-likeness (QED) is 0.245. The molecule has 0 saturated heterocycles. The molecule has 0 aromatic rings. The average Bonchev–Trinajstić information content (AvgIpc) is 2.50. The SMILES string of the molecule is CCCCC/C=C/C/C=C/C/C=C/CCCCC(=O)OC. The Kier molecular flexibility index (Phi) is 15.7. The lowest BCUT2D eigenvalue weighted by molar-refractivity contribution is -0.140. The van der Waals surface area contributed by atoms with Gasteiger partial charge in [0, 0.05) is 6.42 Å². The molecule has 0 N–H and O–H groups in total. The van der Waals surface area contributed by atoms with Gasteiger partial charge in [-0.1, -0.05) is 56.2 Å². The van der Waals surface area contributed by atoms with Crippen molar-refractivity contribution in [2.75, 3.05) is 7.11 Å². The number of ether oxygens (including phenoxy) is 1. The van der Waals surface area contributed by atoms with Crippen molar-refractivity contribution in [1.82, 2.24) is 0 Å². The largest absolute Gasteiger partial charge is 0.469 e. The van der Waals surface area contributed by atoms with Crippen molar-refractivity contribution in [2.45, 2.75) is 71.1 Å². The molecule has 0 amide bonds. The summed E-state index contributed by atoms with van der Waals surface area (Å²) >= 11 is 0. The molecule has 0 aliphatic heterocycles. The molecule has 0 aliphatic carbocycles. The molecule has 0 unspecified atom stereocenters. The number of carbonyl (C=O) groups excluding carboxylic acids is 1. The van der Waals surface area contributed by atoms with Crippen LogP contribution in [0.25, 0.3) is 0 Å². The molecule has 0 atom stereocenters. The van der Waals surface area contributed by atoms with Crippen LogP contribution in [0.3, 0.4) is 0 Å². The summed E-state index contributed by atoms with van der Waals surface area (Å²) in [6.45, 7) is 2.24. The number of carbonyl (C=O) groups is 1. The Labute approximate surface area is 131 Å². The van der Waals surface area contributed by atoms with Crippen LogP contribution in [0.4, 0.5) is 0 Å². The van der Waals surface area contributed by atoms with E-state index in [-0.39, 0.29) is 5.97 Å². The maximum absolute atomic E-state index is 10.9. The van der Waals surface area contributed by atoms with Crippen molar-refractivity contribution in [3.8, 4) is 0 Å². The molecule has 0 saturated carbocycles. The van der Waals surface area contributed by atoms with Crippen LogP contribution < -0.4 is 0 Å². The van der Waals surface area contributed by atoms with Crippen LogP contribution in [0.1, 0.15) is 71.1 Å². The first-order valence-electron chi connectivity index (χ1n) is 8.33. The second-order valence-electron chi connectivity index (χ2n) is 5.20. The fourth-order valence-electron chi connectivity index (χ4n) is 1.92. The van der Waals surface area contributed by atoms with E-state index in [1.807, 2.05) is 0 Å². The van der Waals surface area contributed by atoms with Crippen LogP contribution >= 0.6 is 0 Å². The van der Waals surface area contributed by atoms with Gasteiger partial charge in [0.2, 0.25) is 0 Å². The second kappa shape index (κ2) is 16.7. The summed E-state index contributed by atoms with van der Waals surface area (Å²) in [6.07, 6.45) is 24.1. The van der Waals surface area contributed by atoms with Gasteiger partial charge in [0.15, 0.2) is 0 Å². The van der Waals surface area contributed by atoms with Crippen LogP contribution in [0.5, 0.6) is 0 Å². The molecule has 0 rings (SSSR count). The summed E-state index contributed by atoms with van der Waals surface area (Å²) in [5.41, 5.74) is 0. The van der Waals surface area contributed by atoms with E-state index in [1.54, 1.807) is 0 Å². The van der Waals surface area contributed by atoms with E-state index in [4.69, 9.17) is 0 Å². The van der Waals surface area contributed by atoms with Crippen molar-refractivity contribution < 1.29 is 9.53 Å². The van der Waals surface area contributed by atoms with Crippen molar-refractivity contribution in [1.29, 1.82) is 0 Å². The molecule has 2 heteroatoms. The molecular formula is C19H32O2. The standard InChI is InChI=1S/C19H32O2/c1-3-4-5-6-7-8-9-10-11-12-13-14-15-16-17-18-19(20)21-2/h7-8,10-11,13-14H,3-6,9,12,15-18H2,1-2H3/b8-7+,11-10+,14-13+. The van der Waals surface area contributed by atoms with E-state index in [9.17, 15) is 4.79 Å². The van der Waals surface area contributed by atoms with Crippen LogP contribution in [0, 0.1) is 0 Å². The van der Waals surface area contributed by atoms with Crippen LogP contribution in [0.15, 0.2) is 36.5 Å². The van der Waals surface area contributed by atoms with Gasteiger partial charge >= 0.3 is 5.97 Å². The fraction of sp³-hybridized carbons (Fsp3) is 0.632. The first-order chi connectivity index (χ1) is 10.3. The minimum absolute atomic E-state index is 0.107. The third kappa shape index (κ3) is 16.6. The topological polar surface area (TPSA) is 26.3 Å². The molecule has 21 heavy (non-hydrogen) atoms. The Morgan fingerprint density at radius 1 is 0.810 bits per heavy atom. The molecule has 0 heterocycles. The number of rotatable bonds is 13. The second-order valence-corrected chi connectivity index (χ2v) is 5.20. The summed E-state index contributed by atoms with van der Waals surface area (Å²) < 4.78 is 4.60. The van der Waals surface area contributed by atoms with E-state index in [1.165, 1.54) is 32.8 Å². The van der Waals surface area contributed by atoms with E-state index < -0.39 is 0 Å². The number of methoxy groups -OCH3 is 1. The zero-order chi connectivity index (χ0) is 15.6. The molecule has 0 spiro atoms. The Morgan fingerprint density at radius 2 is 1.33 bits per heavy atom. The van der Waals surface area contributed by atoms with Gasteiger partial charge in [0.05, 0.1) is 7.11 Å². The van der Waals surface area contributed by atoms with E-state index in [0.29, 0.717) is 6.42 Å². The maximum Gasteiger partial charge on any atom is 0.305 e. The zero-order valence-electron chi connectivity index (χ0n) is 13.9. The summed E-state index contributed by atoms with van der Waals surface area (Å²) in [5.74, 6) is -0.107. The Morgan fingerprint density at radius 3 is 1.86 bits per heavy atom. The molecule has 2 nitrogen and oxygen atoms in total. The van der Waals surface area contributed by atoms with Gasteiger partial charge < -0.3 is 4.74 Å². The predicted octanol–water partition coefficient (Wildman–Crippen LogP) is 5.75. The highest BCUT2D eigenvalue weighted by Crippen LogP contribution is 2.03. The summed E-state index contributed by atoms with van der Waals surface area (Å²) in [5, 5.41) is 0. The van der Waals surface area contributed by atoms with Crippen molar-refractivity contribution in [3.63, 3.8) is 0 Å². The van der Waals surface area contributed by atoms with Crippen molar-refractivity contribution in [3.05, 3.63) is 36.5 Å². The highest BCUT2D eigenvalue weighted by molar-refractivity contribution is 5.68. The molecule has 0 aromatic heterocycles. The molecular weight excluding hydrogens is 260 g/mol. The number of unbranched alkanes of at least 4 members (excludes halogenated alkanes) is 5. The third-order valence-electron chi connectivity index (χ3n) is 3.25. The first kappa shape index (κ1) is 19.7. The number of allylic oxidation sites excluding steroid dienone is 6. The fourth-order valence-corrected chi connectivity index (χ4v) is 1.92. The third-order valence-corrected chi connectivity index (χ3v) is 3.25. The van der Waals surface area contributed by atoms with Crippen LogP contribution in [-0.2, 0) is 9.53 Å². The Bertz CT molecular complexity index is 314. The lowest BCUT2D eigenvalue weighted by Gasteiger charge is -1.96. The number of hydrogen-bond acceptors (Lipinski definition) is 2. The van der Waals surface area contributed by atoms with Crippen LogP contribution in [0.2, 0.25) is 0 Å². The minimum atomic E-state index is -0.107. The highest BCUT2D eigenvalue weighted by Gasteiger charge is 1.97. The average molecular weight is 292 g/mol. The van der Waals surface area contributed by atoms with Gasteiger partial charge in [-0.3, -0.25) is 4.79 Å². The molecule has 120 valence electrons. The van der Waals surface area contributed by atoms with Gasteiger partial charge in [-0.15, -0.1) is 0 Å². The Balaban J connectivity index is 3.34. The summed E-state index contributed by atoms with van der Waals surface area (Å²) in [6, 6.07) is 0. The monoisotopic (exact) mass is 292 g/mol. The zero-order valence-corrected chi connectivity index (χ0v) is 13.9. The lowest BCUT2D eigenvalue weighted by atomic mass is 10.2. The molecule has 0 aliphatic rings. The van der Waals surface area contributed by atoms with Crippen molar-refractivity contribution >= 4 is 5.97 Å². The van der Waals surface area contributed by atoms with Gasteiger partial charge in [-0.25, -0.2) is 0 Å². The number of esters is 1. The minimum Gasteiger partial charge on any atom is -0.469 e. The first-order valence-corrected chi connectivity index (χ1v) is 8.33. The highest BCUT2D eigenvalue weighted by atomic mass is 16.5. The van der Waals surface area contributed by atoms with E-state index in [2.05, 4.69) is 48.1 Å². The maximum atomic E-state index is 10.9. The summed E-state index contributed by atoms with van der Waals surface area (Å²) in [4.78, 5) is 10.9. The molecule has 0 fully saturated rings. The summed E-state index contributed by atoms with van der Waals surface area (Å²) in [7, 11) is 1.44. The van der Waals surface area contributed by atoms with Gasteiger partial charge in [-0.2, -0.15) is 0 Å². The van der Waals surface area contributed by atoms with Gasteiger partial charge in [0.25, 0.3) is 0 Å².